The van der Waals surface area contributed by atoms with Gasteiger partial charge in [0, 0.05) is 12.6 Å². The largest absolute Gasteiger partial charge is 0.504 e. The molecule has 2 aromatic rings. The summed E-state index contributed by atoms with van der Waals surface area (Å²) in [6.07, 6.45) is 0. The second-order valence-electron chi connectivity index (χ2n) is 4.04. The minimum atomic E-state index is -0.447. The zero-order chi connectivity index (χ0) is 13.4. The molecular formula is C13H12FNO3. The summed E-state index contributed by atoms with van der Waals surface area (Å²) in [5, 5.41) is 19.6. The van der Waals surface area contributed by atoms with E-state index >= 15 is 0 Å². The van der Waals surface area contributed by atoms with Crippen LogP contribution in [0.1, 0.15) is 5.56 Å². The summed E-state index contributed by atoms with van der Waals surface area (Å²) in [7, 11) is 1.48. The van der Waals surface area contributed by atoms with Crippen molar-refractivity contribution in [3.8, 4) is 22.8 Å². The minimum Gasteiger partial charge on any atom is -0.504 e. The summed E-state index contributed by atoms with van der Waals surface area (Å²) in [5.74, 6) is -1.25. The van der Waals surface area contributed by atoms with Crippen LogP contribution in [0.5, 0.6) is 11.5 Å². The fourth-order valence-electron chi connectivity index (χ4n) is 1.84. The smallest absolute Gasteiger partial charge is 0.257 e. The number of nitrogens with zero attached hydrogens (tertiary/aromatic N) is 1. The van der Waals surface area contributed by atoms with E-state index in [1.54, 1.807) is 0 Å². The van der Waals surface area contributed by atoms with Crippen LogP contribution in [0.3, 0.4) is 0 Å². The molecule has 5 heteroatoms. The summed E-state index contributed by atoms with van der Waals surface area (Å²) >= 11 is 0. The van der Waals surface area contributed by atoms with Crippen molar-refractivity contribution in [1.82, 2.24) is 4.57 Å². The molecule has 0 bridgehead atoms. The molecule has 0 aliphatic rings. The van der Waals surface area contributed by atoms with Gasteiger partial charge in [-0.3, -0.25) is 4.79 Å². The third-order valence-electron chi connectivity index (χ3n) is 2.88. The quantitative estimate of drug-likeness (QED) is 0.811. The van der Waals surface area contributed by atoms with Gasteiger partial charge in [0.15, 0.2) is 11.5 Å². The summed E-state index contributed by atoms with van der Waals surface area (Å²) in [6, 6.07) is 5.30. The molecule has 0 unspecified atom stereocenters. The average Bonchev–Trinajstić information content (AvgIpc) is 2.36. The zero-order valence-electron chi connectivity index (χ0n) is 9.94. The second kappa shape index (κ2) is 4.18. The van der Waals surface area contributed by atoms with Crippen LogP contribution in [0, 0.1) is 12.7 Å². The monoisotopic (exact) mass is 249 g/mol. The Balaban J connectivity index is 2.80. The van der Waals surface area contributed by atoms with E-state index in [1.165, 1.54) is 42.8 Å². The number of aromatic hydroxyl groups is 2. The van der Waals surface area contributed by atoms with Crippen molar-refractivity contribution in [3.63, 3.8) is 0 Å². The SMILES string of the molecule is Cc1c(O)c(O)c(-c2ccc(F)cc2)n(C)c1=O. The van der Waals surface area contributed by atoms with Gasteiger partial charge >= 0.3 is 0 Å². The first-order chi connectivity index (χ1) is 8.43. The van der Waals surface area contributed by atoms with Crippen molar-refractivity contribution >= 4 is 0 Å². The standard InChI is InChI=1S/C13H12FNO3/c1-7-11(16)12(17)10(15(2)13(7)18)8-3-5-9(14)6-4-8/h3-6,16-17H,1-2H3. The van der Waals surface area contributed by atoms with Gasteiger partial charge < -0.3 is 14.8 Å². The molecule has 2 N–H and O–H groups in total. The van der Waals surface area contributed by atoms with Crippen molar-refractivity contribution in [3.05, 3.63) is 46.0 Å². The molecule has 4 nitrogen and oxygen atoms in total. The van der Waals surface area contributed by atoms with Crippen LogP contribution in [-0.4, -0.2) is 14.8 Å². The molecule has 94 valence electrons. The van der Waals surface area contributed by atoms with E-state index < -0.39 is 17.1 Å². The zero-order valence-corrected chi connectivity index (χ0v) is 9.94. The molecule has 2 rings (SSSR count). The lowest BCUT2D eigenvalue weighted by atomic mass is 10.1. The maximum Gasteiger partial charge on any atom is 0.257 e. The first-order valence-electron chi connectivity index (χ1n) is 5.31. The van der Waals surface area contributed by atoms with Gasteiger partial charge in [0.2, 0.25) is 0 Å². The van der Waals surface area contributed by atoms with Crippen LogP contribution in [0.25, 0.3) is 11.3 Å². The molecule has 1 aromatic heterocycles. The lowest BCUT2D eigenvalue weighted by Gasteiger charge is -2.13. The van der Waals surface area contributed by atoms with E-state index in [1.807, 2.05) is 0 Å². The van der Waals surface area contributed by atoms with Crippen LogP contribution in [0.4, 0.5) is 4.39 Å². The van der Waals surface area contributed by atoms with Gasteiger partial charge in [0.05, 0.1) is 11.3 Å². The molecule has 0 aliphatic carbocycles. The fraction of sp³-hybridized carbons (Fsp3) is 0.154. The van der Waals surface area contributed by atoms with Crippen LogP contribution in [-0.2, 0) is 7.05 Å². The Kier molecular flexibility index (Phi) is 2.82. The molecule has 0 atom stereocenters. The number of pyridine rings is 1. The highest BCUT2D eigenvalue weighted by Gasteiger charge is 2.17. The highest BCUT2D eigenvalue weighted by molar-refractivity contribution is 5.70. The van der Waals surface area contributed by atoms with Gasteiger partial charge in [-0.15, -0.1) is 0 Å². The van der Waals surface area contributed by atoms with E-state index in [0.29, 0.717) is 5.56 Å². The van der Waals surface area contributed by atoms with Crippen molar-refractivity contribution < 1.29 is 14.6 Å². The van der Waals surface area contributed by atoms with Gasteiger partial charge in [0.25, 0.3) is 5.56 Å². The lowest BCUT2D eigenvalue weighted by Crippen LogP contribution is -2.20. The van der Waals surface area contributed by atoms with Gasteiger partial charge in [0.1, 0.15) is 5.82 Å². The summed E-state index contributed by atoms with van der Waals surface area (Å²) in [6.45, 7) is 1.42. The normalized spacial score (nSPS) is 10.6. The highest BCUT2D eigenvalue weighted by atomic mass is 19.1. The molecule has 0 aliphatic heterocycles. The Morgan fingerprint density at radius 1 is 1.11 bits per heavy atom. The number of halogens is 1. The van der Waals surface area contributed by atoms with Crippen molar-refractivity contribution in [2.45, 2.75) is 6.92 Å². The third kappa shape index (κ3) is 1.73. The van der Waals surface area contributed by atoms with Crippen LogP contribution in [0.2, 0.25) is 0 Å². The number of hydrogen-bond donors (Lipinski definition) is 2. The highest BCUT2D eigenvalue weighted by Crippen LogP contribution is 2.36. The van der Waals surface area contributed by atoms with E-state index in [-0.39, 0.29) is 17.0 Å². The van der Waals surface area contributed by atoms with E-state index in [2.05, 4.69) is 0 Å². The number of aromatic nitrogens is 1. The van der Waals surface area contributed by atoms with Crippen molar-refractivity contribution in [2.24, 2.45) is 7.05 Å². The summed E-state index contributed by atoms with van der Waals surface area (Å²) < 4.78 is 14.1. The topological polar surface area (TPSA) is 62.5 Å². The molecule has 0 spiro atoms. The molecule has 0 saturated heterocycles. The van der Waals surface area contributed by atoms with Gasteiger partial charge in [-0.05, 0) is 31.2 Å². The molecule has 0 fully saturated rings. The maximum atomic E-state index is 12.8. The Labute approximate surface area is 103 Å². The number of hydrogen-bond acceptors (Lipinski definition) is 3. The van der Waals surface area contributed by atoms with Crippen LogP contribution < -0.4 is 5.56 Å². The van der Waals surface area contributed by atoms with Gasteiger partial charge in [-0.1, -0.05) is 0 Å². The predicted octanol–water partition coefficient (Wildman–Crippen LogP) is 1.91. The third-order valence-corrected chi connectivity index (χ3v) is 2.88. The van der Waals surface area contributed by atoms with Gasteiger partial charge in [-0.25, -0.2) is 4.39 Å². The Bertz CT molecular complexity index is 659. The second-order valence-corrected chi connectivity index (χ2v) is 4.04. The Hall–Kier alpha value is -2.30. The molecule has 1 heterocycles. The van der Waals surface area contributed by atoms with Gasteiger partial charge in [-0.2, -0.15) is 0 Å². The molecule has 0 saturated carbocycles. The van der Waals surface area contributed by atoms with E-state index in [4.69, 9.17) is 0 Å². The molecule has 18 heavy (non-hydrogen) atoms. The summed E-state index contributed by atoms with van der Waals surface area (Å²) in [4.78, 5) is 11.8. The van der Waals surface area contributed by atoms with Crippen molar-refractivity contribution in [2.75, 3.05) is 0 Å². The molecule has 0 amide bonds. The predicted molar refractivity (Wildman–Crippen MR) is 65.1 cm³/mol. The van der Waals surface area contributed by atoms with E-state index in [0.717, 1.165) is 0 Å². The molecular weight excluding hydrogens is 237 g/mol. The average molecular weight is 249 g/mol. The summed E-state index contributed by atoms with van der Waals surface area (Å²) in [5.41, 5.74) is 0.261. The van der Waals surface area contributed by atoms with Crippen LogP contribution in [0.15, 0.2) is 29.1 Å². The Morgan fingerprint density at radius 3 is 2.22 bits per heavy atom. The Morgan fingerprint density at radius 2 is 1.67 bits per heavy atom. The molecule has 1 aromatic carbocycles. The van der Waals surface area contributed by atoms with Crippen molar-refractivity contribution in [1.29, 1.82) is 0 Å². The van der Waals surface area contributed by atoms with E-state index in [9.17, 15) is 19.4 Å². The number of rotatable bonds is 1. The first kappa shape index (κ1) is 12.2. The maximum absolute atomic E-state index is 12.8. The lowest BCUT2D eigenvalue weighted by molar-refractivity contribution is 0.396. The number of benzene rings is 1. The molecule has 0 radical (unpaired) electrons. The fourth-order valence-corrected chi connectivity index (χ4v) is 1.84. The van der Waals surface area contributed by atoms with Crippen LogP contribution >= 0.6 is 0 Å². The first-order valence-corrected chi connectivity index (χ1v) is 5.31. The minimum absolute atomic E-state index is 0.0702.